The molecule has 4 nitrogen and oxygen atoms in total. The van der Waals surface area contributed by atoms with Crippen LogP contribution < -0.4 is 5.73 Å². The van der Waals surface area contributed by atoms with Crippen LogP contribution in [-0.4, -0.2) is 42.6 Å². The first-order valence-corrected chi connectivity index (χ1v) is 6.14. The third kappa shape index (κ3) is 3.19. The summed E-state index contributed by atoms with van der Waals surface area (Å²) in [6, 6.07) is 0.234. The smallest absolute Gasteiger partial charge is 0.240 e. The highest BCUT2D eigenvalue weighted by atomic mass is 16.5. The van der Waals surface area contributed by atoms with Crippen LogP contribution in [0.3, 0.4) is 0 Å². The minimum atomic E-state index is -0.414. The molecule has 1 aliphatic heterocycles. The van der Waals surface area contributed by atoms with Crippen LogP contribution in [0.1, 0.15) is 39.5 Å². The molecule has 1 amide bonds. The Morgan fingerprint density at radius 3 is 2.50 bits per heavy atom. The third-order valence-electron chi connectivity index (χ3n) is 3.40. The van der Waals surface area contributed by atoms with Gasteiger partial charge in [-0.25, -0.2) is 0 Å². The Bertz CT molecular complexity index is 223. The molecule has 0 saturated carbocycles. The number of methoxy groups -OCH3 is 1. The fourth-order valence-corrected chi connectivity index (χ4v) is 2.42. The molecule has 1 aliphatic rings. The molecule has 16 heavy (non-hydrogen) atoms. The SMILES string of the molecule is COCCC(N)C(=O)N1[C@H](C)CCC[C@@H]1C. The van der Waals surface area contributed by atoms with E-state index in [4.69, 9.17) is 10.5 Å². The monoisotopic (exact) mass is 228 g/mol. The molecule has 0 spiro atoms. The Morgan fingerprint density at radius 1 is 1.44 bits per heavy atom. The van der Waals surface area contributed by atoms with Crippen molar-refractivity contribution in [2.24, 2.45) is 5.73 Å². The van der Waals surface area contributed by atoms with Crippen molar-refractivity contribution in [2.75, 3.05) is 13.7 Å². The number of likely N-dealkylation sites (tertiary alicyclic amines) is 1. The Kier molecular flexibility index (Phi) is 5.22. The van der Waals surface area contributed by atoms with E-state index in [0.717, 1.165) is 12.8 Å². The zero-order valence-electron chi connectivity index (χ0n) is 10.6. The van der Waals surface area contributed by atoms with Crippen molar-refractivity contribution in [1.82, 2.24) is 4.90 Å². The topological polar surface area (TPSA) is 55.6 Å². The predicted molar refractivity (Wildman–Crippen MR) is 64.1 cm³/mol. The predicted octanol–water partition coefficient (Wildman–Crippen LogP) is 1.14. The molecule has 94 valence electrons. The van der Waals surface area contributed by atoms with Gasteiger partial charge in [0, 0.05) is 25.8 Å². The van der Waals surface area contributed by atoms with Crippen molar-refractivity contribution >= 4 is 5.91 Å². The molecule has 1 unspecified atom stereocenters. The number of nitrogens with zero attached hydrogens (tertiary/aromatic N) is 1. The van der Waals surface area contributed by atoms with E-state index in [9.17, 15) is 4.79 Å². The maximum Gasteiger partial charge on any atom is 0.240 e. The van der Waals surface area contributed by atoms with E-state index >= 15 is 0 Å². The number of piperidine rings is 1. The maximum atomic E-state index is 12.2. The molecule has 0 aromatic heterocycles. The number of ether oxygens (including phenoxy) is 1. The molecule has 2 N–H and O–H groups in total. The van der Waals surface area contributed by atoms with Gasteiger partial charge in [0.1, 0.15) is 0 Å². The summed E-state index contributed by atoms with van der Waals surface area (Å²) in [7, 11) is 1.63. The van der Waals surface area contributed by atoms with Gasteiger partial charge in [0.15, 0.2) is 0 Å². The lowest BCUT2D eigenvalue weighted by atomic mass is 9.96. The molecular formula is C12H24N2O2. The van der Waals surface area contributed by atoms with Gasteiger partial charge < -0.3 is 15.4 Å². The molecule has 0 radical (unpaired) electrons. The Morgan fingerprint density at radius 2 is 2.00 bits per heavy atom. The molecule has 0 aliphatic carbocycles. The van der Waals surface area contributed by atoms with E-state index in [1.165, 1.54) is 6.42 Å². The number of carbonyl (C=O) groups is 1. The third-order valence-corrected chi connectivity index (χ3v) is 3.40. The standard InChI is InChI=1S/C12H24N2O2/c1-9-5-4-6-10(2)14(9)12(15)11(13)7-8-16-3/h9-11H,4-8,13H2,1-3H3/t9-,10+,11?. The lowest BCUT2D eigenvalue weighted by Crippen LogP contribution is -2.53. The zero-order valence-corrected chi connectivity index (χ0v) is 10.6. The second-order valence-corrected chi connectivity index (χ2v) is 4.76. The van der Waals surface area contributed by atoms with Crippen LogP contribution in [0.4, 0.5) is 0 Å². The highest BCUT2D eigenvalue weighted by Gasteiger charge is 2.31. The van der Waals surface area contributed by atoms with Crippen LogP contribution in [0, 0.1) is 0 Å². The van der Waals surface area contributed by atoms with Crippen molar-refractivity contribution in [3.8, 4) is 0 Å². The molecule has 1 rings (SSSR count). The molecule has 0 aromatic carbocycles. The molecule has 3 atom stereocenters. The summed E-state index contributed by atoms with van der Waals surface area (Å²) < 4.78 is 4.95. The largest absolute Gasteiger partial charge is 0.385 e. The summed E-state index contributed by atoms with van der Waals surface area (Å²) in [5, 5.41) is 0. The quantitative estimate of drug-likeness (QED) is 0.785. The van der Waals surface area contributed by atoms with E-state index in [0.29, 0.717) is 25.1 Å². The van der Waals surface area contributed by atoms with Gasteiger partial charge in [-0.1, -0.05) is 0 Å². The molecule has 4 heteroatoms. The summed E-state index contributed by atoms with van der Waals surface area (Å²) >= 11 is 0. The molecule has 1 heterocycles. The van der Waals surface area contributed by atoms with Crippen LogP contribution in [0.25, 0.3) is 0 Å². The summed E-state index contributed by atoms with van der Waals surface area (Å²) in [5.41, 5.74) is 5.89. The summed E-state index contributed by atoms with van der Waals surface area (Å²) in [6.07, 6.45) is 3.99. The van der Waals surface area contributed by atoms with E-state index in [2.05, 4.69) is 13.8 Å². The fourth-order valence-electron chi connectivity index (χ4n) is 2.42. The number of rotatable bonds is 4. The highest BCUT2D eigenvalue weighted by Crippen LogP contribution is 2.23. The number of carbonyl (C=O) groups excluding carboxylic acids is 1. The lowest BCUT2D eigenvalue weighted by molar-refractivity contribution is -0.139. The normalized spacial score (nSPS) is 27.9. The van der Waals surface area contributed by atoms with Crippen molar-refractivity contribution < 1.29 is 9.53 Å². The molecule has 1 fully saturated rings. The summed E-state index contributed by atoms with van der Waals surface area (Å²) in [4.78, 5) is 14.1. The van der Waals surface area contributed by atoms with Crippen molar-refractivity contribution in [1.29, 1.82) is 0 Å². The van der Waals surface area contributed by atoms with Crippen molar-refractivity contribution in [3.63, 3.8) is 0 Å². The van der Waals surface area contributed by atoms with Gasteiger partial charge >= 0.3 is 0 Å². The van der Waals surface area contributed by atoms with Crippen LogP contribution in [0.5, 0.6) is 0 Å². The number of nitrogens with two attached hydrogens (primary N) is 1. The van der Waals surface area contributed by atoms with E-state index in [1.54, 1.807) is 7.11 Å². The molecular weight excluding hydrogens is 204 g/mol. The van der Waals surface area contributed by atoms with Gasteiger partial charge in [0.05, 0.1) is 6.04 Å². The first kappa shape index (κ1) is 13.5. The van der Waals surface area contributed by atoms with Gasteiger partial charge in [-0.2, -0.15) is 0 Å². The second-order valence-electron chi connectivity index (χ2n) is 4.76. The minimum absolute atomic E-state index is 0.0803. The van der Waals surface area contributed by atoms with E-state index in [1.807, 2.05) is 4.90 Å². The lowest BCUT2D eigenvalue weighted by Gasteiger charge is -2.40. The van der Waals surface area contributed by atoms with Gasteiger partial charge in [0.2, 0.25) is 5.91 Å². The average Bonchev–Trinajstić information content (AvgIpc) is 2.25. The highest BCUT2D eigenvalue weighted by molar-refractivity contribution is 5.82. The van der Waals surface area contributed by atoms with Gasteiger partial charge in [-0.15, -0.1) is 0 Å². The molecule has 0 bridgehead atoms. The van der Waals surface area contributed by atoms with Gasteiger partial charge in [0.25, 0.3) is 0 Å². The van der Waals surface area contributed by atoms with Crippen LogP contribution in [0.2, 0.25) is 0 Å². The zero-order chi connectivity index (χ0) is 12.1. The van der Waals surface area contributed by atoms with Gasteiger partial charge in [-0.05, 0) is 39.5 Å². The number of hydrogen-bond acceptors (Lipinski definition) is 3. The second kappa shape index (κ2) is 6.21. The van der Waals surface area contributed by atoms with Crippen molar-refractivity contribution in [2.45, 2.75) is 57.7 Å². The Hall–Kier alpha value is -0.610. The first-order valence-electron chi connectivity index (χ1n) is 6.14. The molecule has 0 aromatic rings. The summed E-state index contributed by atoms with van der Waals surface area (Å²) in [6.45, 7) is 4.76. The molecule has 1 saturated heterocycles. The minimum Gasteiger partial charge on any atom is -0.385 e. The van der Waals surface area contributed by atoms with Crippen molar-refractivity contribution in [3.05, 3.63) is 0 Å². The average molecular weight is 228 g/mol. The van der Waals surface area contributed by atoms with Gasteiger partial charge in [-0.3, -0.25) is 4.79 Å². The van der Waals surface area contributed by atoms with Crippen LogP contribution in [-0.2, 0) is 9.53 Å². The number of amides is 1. The van der Waals surface area contributed by atoms with Crippen LogP contribution >= 0.6 is 0 Å². The fraction of sp³-hybridized carbons (Fsp3) is 0.917. The van der Waals surface area contributed by atoms with Crippen LogP contribution in [0.15, 0.2) is 0 Å². The Labute approximate surface area is 98.1 Å². The number of hydrogen-bond donors (Lipinski definition) is 1. The van der Waals surface area contributed by atoms with E-state index in [-0.39, 0.29) is 5.91 Å². The Balaban J connectivity index is 2.56. The maximum absolute atomic E-state index is 12.2. The van der Waals surface area contributed by atoms with E-state index < -0.39 is 6.04 Å². The first-order chi connectivity index (χ1) is 7.57. The summed E-state index contributed by atoms with van der Waals surface area (Å²) in [5.74, 6) is 0.0803.